The molecule has 0 amide bonds. The van der Waals surface area contributed by atoms with E-state index >= 15 is 0 Å². The lowest BCUT2D eigenvalue weighted by molar-refractivity contribution is 0.704. The largest absolute Gasteiger partial charge is 0.397 e. The molecule has 1 aromatic heterocycles. The average molecular weight is 320 g/mol. The van der Waals surface area contributed by atoms with Crippen LogP contribution in [0.3, 0.4) is 0 Å². The fourth-order valence-electron chi connectivity index (χ4n) is 1.94. The summed E-state index contributed by atoms with van der Waals surface area (Å²) in [6.07, 6.45) is 2.72. The second-order valence-electron chi connectivity index (χ2n) is 4.63. The molecule has 3 N–H and O–H groups in total. The summed E-state index contributed by atoms with van der Waals surface area (Å²) in [5.41, 5.74) is 7.69. The minimum absolute atomic E-state index is 0.529. The molecule has 1 unspecified atom stereocenters. The lowest BCUT2D eigenvalue weighted by Crippen LogP contribution is -2.07. The van der Waals surface area contributed by atoms with Gasteiger partial charge in [-0.1, -0.05) is 37.3 Å². The summed E-state index contributed by atoms with van der Waals surface area (Å²) in [4.78, 5) is 4.26. The molecule has 0 aliphatic heterocycles. The Balaban J connectivity index is 1.86. The Hall–Kier alpha value is -1.55. The average Bonchev–Trinajstić information content (AvgIpc) is 2.42. The zero-order valence-electron chi connectivity index (χ0n) is 10.9. The molecule has 0 aliphatic rings. The Morgan fingerprint density at radius 2 is 2.05 bits per heavy atom. The Kier molecular flexibility index (Phi) is 4.80. The second kappa shape index (κ2) is 6.57. The third-order valence-electron chi connectivity index (χ3n) is 3.10. The van der Waals surface area contributed by atoms with Crippen molar-refractivity contribution in [3.63, 3.8) is 0 Å². The van der Waals surface area contributed by atoms with Crippen LogP contribution in [0.2, 0.25) is 0 Å². The molecule has 0 radical (unpaired) electrons. The van der Waals surface area contributed by atoms with Gasteiger partial charge in [0.25, 0.3) is 0 Å². The van der Waals surface area contributed by atoms with Gasteiger partial charge in [-0.3, -0.25) is 0 Å². The van der Waals surface area contributed by atoms with E-state index in [1.807, 2.05) is 12.1 Å². The molecule has 1 heterocycles. The quantitative estimate of drug-likeness (QED) is 0.874. The predicted octanol–water partition coefficient (Wildman–Crippen LogP) is 4.03. The van der Waals surface area contributed by atoms with E-state index < -0.39 is 0 Å². The van der Waals surface area contributed by atoms with Crippen molar-refractivity contribution >= 4 is 27.4 Å². The second-order valence-corrected chi connectivity index (χ2v) is 5.48. The molecule has 4 heteroatoms. The number of anilines is 2. The molecule has 3 nitrogen and oxygen atoms in total. The summed E-state index contributed by atoms with van der Waals surface area (Å²) in [5.74, 6) is 1.37. The third kappa shape index (κ3) is 3.96. The molecule has 0 aliphatic carbocycles. The summed E-state index contributed by atoms with van der Waals surface area (Å²) in [6.45, 7) is 3.12. The van der Waals surface area contributed by atoms with Crippen molar-refractivity contribution in [2.24, 2.45) is 0 Å². The molecule has 1 atom stereocenters. The summed E-state index contributed by atoms with van der Waals surface area (Å²) < 4.78 is 0.903. The first kappa shape index (κ1) is 13.9. The van der Waals surface area contributed by atoms with Crippen LogP contribution in [0.15, 0.2) is 47.1 Å². The third-order valence-corrected chi connectivity index (χ3v) is 3.71. The van der Waals surface area contributed by atoms with Crippen molar-refractivity contribution in [2.45, 2.75) is 19.3 Å². The molecule has 0 fully saturated rings. The number of nitrogens with two attached hydrogens (primary N) is 1. The highest BCUT2D eigenvalue weighted by molar-refractivity contribution is 9.10. The van der Waals surface area contributed by atoms with Crippen LogP contribution in [0.1, 0.15) is 24.8 Å². The first-order chi connectivity index (χ1) is 9.16. The van der Waals surface area contributed by atoms with E-state index in [1.54, 1.807) is 6.20 Å². The zero-order valence-corrected chi connectivity index (χ0v) is 12.5. The fourth-order valence-corrected chi connectivity index (χ4v) is 2.44. The number of nitrogen functional groups attached to an aromatic ring is 1. The van der Waals surface area contributed by atoms with Gasteiger partial charge in [-0.05, 0) is 39.9 Å². The van der Waals surface area contributed by atoms with Crippen molar-refractivity contribution in [1.82, 2.24) is 4.98 Å². The van der Waals surface area contributed by atoms with Crippen LogP contribution in [0.5, 0.6) is 0 Å². The van der Waals surface area contributed by atoms with E-state index in [4.69, 9.17) is 5.73 Å². The normalized spacial score (nSPS) is 12.1. The lowest BCUT2D eigenvalue weighted by Gasteiger charge is -2.13. The predicted molar refractivity (Wildman–Crippen MR) is 84.3 cm³/mol. The van der Waals surface area contributed by atoms with Crippen molar-refractivity contribution in [3.8, 4) is 0 Å². The summed E-state index contributed by atoms with van der Waals surface area (Å²) >= 11 is 3.45. The van der Waals surface area contributed by atoms with Crippen molar-refractivity contribution < 1.29 is 0 Å². The van der Waals surface area contributed by atoms with Crippen LogP contribution in [-0.4, -0.2) is 11.5 Å². The van der Waals surface area contributed by atoms with E-state index in [-0.39, 0.29) is 0 Å². The minimum Gasteiger partial charge on any atom is -0.397 e. The molecule has 0 spiro atoms. The highest BCUT2D eigenvalue weighted by Crippen LogP contribution is 2.23. The summed E-state index contributed by atoms with van der Waals surface area (Å²) in [7, 11) is 0. The molecule has 2 aromatic rings. The SMILES string of the molecule is CC(CCNc1ncc(N)cc1Br)c1ccccc1. The highest BCUT2D eigenvalue weighted by Gasteiger charge is 2.06. The Labute approximate surface area is 122 Å². The fraction of sp³-hybridized carbons (Fsp3) is 0.267. The van der Waals surface area contributed by atoms with E-state index in [2.05, 4.69) is 57.4 Å². The molecular weight excluding hydrogens is 302 g/mol. The Morgan fingerprint density at radius 3 is 2.74 bits per heavy atom. The van der Waals surface area contributed by atoms with Gasteiger partial charge in [0.15, 0.2) is 0 Å². The maximum atomic E-state index is 5.66. The number of nitrogens with one attached hydrogen (secondary N) is 1. The van der Waals surface area contributed by atoms with Gasteiger partial charge < -0.3 is 11.1 Å². The van der Waals surface area contributed by atoms with E-state index in [0.717, 1.165) is 23.3 Å². The van der Waals surface area contributed by atoms with E-state index in [0.29, 0.717) is 11.6 Å². The molecule has 0 bridgehead atoms. The first-order valence-electron chi connectivity index (χ1n) is 6.36. The van der Waals surface area contributed by atoms with Crippen LogP contribution in [0, 0.1) is 0 Å². The summed E-state index contributed by atoms with van der Waals surface area (Å²) in [6, 6.07) is 12.4. The van der Waals surface area contributed by atoms with Gasteiger partial charge in [0.1, 0.15) is 5.82 Å². The molecular formula is C15H18BrN3. The van der Waals surface area contributed by atoms with Crippen molar-refractivity contribution in [3.05, 3.63) is 52.6 Å². The smallest absolute Gasteiger partial charge is 0.140 e. The number of hydrogen-bond donors (Lipinski definition) is 2. The molecule has 2 rings (SSSR count). The minimum atomic E-state index is 0.529. The summed E-state index contributed by atoms with van der Waals surface area (Å²) in [5, 5.41) is 3.33. The number of nitrogens with zero attached hydrogens (tertiary/aromatic N) is 1. The van der Waals surface area contributed by atoms with Crippen molar-refractivity contribution in [1.29, 1.82) is 0 Å². The Morgan fingerprint density at radius 1 is 1.32 bits per heavy atom. The number of benzene rings is 1. The number of pyridine rings is 1. The standard InChI is InChI=1S/C15H18BrN3/c1-11(12-5-3-2-4-6-12)7-8-18-15-14(16)9-13(17)10-19-15/h2-6,9-11H,7-8,17H2,1H3,(H,18,19). The van der Waals surface area contributed by atoms with Gasteiger partial charge in [-0.2, -0.15) is 0 Å². The molecule has 100 valence electrons. The maximum absolute atomic E-state index is 5.66. The van der Waals surface area contributed by atoms with Crippen LogP contribution in [0.4, 0.5) is 11.5 Å². The monoisotopic (exact) mass is 319 g/mol. The van der Waals surface area contributed by atoms with Gasteiger partial charge in [0.05, 0.1) is 16.4 Å². The first-order valence-corrected chi connectivity index (χ1v) is 7.16. The molecule has 19 heavy (non-hydrogen) atoms. The zero-order chi connectivity index (χ0) is 13.7. The van der Waals surface area contributed by atoms with Gasteiger partial charge in [0, 0.05) is 6.54 Å². The molecule has 0 saturated heterocycles. The maximum Gasteiger partial charge on any atom is 0.140 e. The van der Waals surface area contributed by atoms with Gasteiger partial charge in [-0.25, -0.2) is 4.98 Å². The lowest BCUT2D eigenvalue weighted by atomic mass is 9.98. The molecule has 0 saturated carbocycles. The van der Waals surface area contributed by atoms with Crippen LogP contribution >= 0.6 is 15.9 Å². The topological polar surface area (TPSA) is 50.9 Å². The van der Waals surface area contributed by atoms with E-state index in [9.17, 15) is 0 Å². The highest BCUT2D eigenvalue weighted by atomic mass is 79.9. The van der Waals surface area contributed by atoms with Gasteiger partial charge in [-0.15, -0.1) is 0 Å². The van der Waals surface area contributed by atoms with Crippen LogP contribution < -0.4 is 11.1 Å². The van der Waals surface area contributed by atoms with Crippen molar-refractivity contribution in [2.75, 3.05) is 17.6 Å². The molecule has 1 aromatic carbocycles. The van der Waals surface area contributed by atoms with Crippen LogP contribution in [0.25, 0.3) is 0 Å². The number of aromatic nitrogens is 1. The van der Waals surface area contributed by atoms with Gasteiger partial charge >= 0.3 is 0 Å². The number of hydrogen-bond acceptors (Lipinski definition) is 3. The number of rotatable bonds is 5. The van der Waals surface area contributed by atoms with E-state index in [1.165, 1.54) is 5.56 Å². The van der Waals surface area contributed by atoms with Crippen LogP contribution in [-0.2, 0) is 0 Å². The Bertz CT molecular complexity index is 528. The van der Waals surface area contributed by atoms with Gasteiger partial charge in [0.2, 0.25) is 0 Å². The number of halogens is 1.